The molecule has 32 heavy (non-hydrogen) atoms. The Bertz CT molecular complexity index is 1080. The lowest BCUT2D eigenvalue weighted by Crippen LogP contribution is -2.45. The molecule has 0 radical (unpaired) electrons. The van der Waals surface area contributed by atoms with E-state index in [2.05, 4.69) is 20.1 Å². The number of carbonyl (C=O) groups is 1. The van der Waals surface area contributed by atoms with Crippen molar-refractivity contribution in [1.82, 2.24) is 25.1 Å². The lowest BCUT2D eigenvalue weighted by atomic mass is 9.72. The number of rotatable bonds is 5. The molecule has 3 aromatic rings. The number of ether oxygens (including phenoxy) is 1. The minimum Gasteiger partial charge on any atom is -0.465 e. The molecular weight excluding hydrogens is 427 g/mol. The number of likely N-dealkylation sites (tertiary alicyclic amines) is 1. The summed E-state index contributed by atoms with van der Waals surface area (Å²) in [6.45, 7) is 0.763. The molecule has 2 heterocycles. The van der Waals surface area contributed by atoms with Gasteiger partial charge in [-0.05, 0) is 41.3 Å². The summed E-state index contributed by atoms with van der Waals surface area (Å²) in [7, 11) is 0. The number of carboxylic acid groups (broad SMARTS) is 1. The first-order valence-electron chi connectivity index (χ1n) is 9.92. The standard InChI is InChI=1S/C21H20F3N5O3/c22-21(23,24)32-17-8-4-5-15(13-17)14-29-26-18(25-27-29)20(16-6-2-1-3-7-16)9-11-28(12-10-20)19(30)31/h1-8,13H,9-12,14H2,(H,30,31). The van der Waals surface area contributed by atoms with Gasteiger partial charge in [0.25, 0.3) is 0 Å². The van der Waals surface area contributed by atoms with E-state index in [4.69, 9.17) is 0 Å². The number of piperidine rings is 1. The summed E-state index contributed by atoms with van der Waals surface area (Å²) in [6, 6.07) is 15.2. The monoisotopic (exact) mass is 447 g/mol. The Balaban J connectivity index is 1.59. The minimum atomic E-state index is -4.77. The molecule has 1 N–H and O–H groups in total. The first kappa shape index (κ1) is 21.6. The highest BCUT2D eigenvalue weighted by atomic mass is 19.4. The van der Waals surface area contributed by atoms with Gasteiger partial charge in [0.05, 0.1) is 12.0 Å². The Kier molecular flexibility index (Phi) is 5.72. The molecule has 0 bridgehead atoms. The van der Waals surface area contributed by atoms with Crippen LogP contribution in [-0.4, -0.2) is 55.8 Å². The van der Waals surface area contributed by atoms with Gasteiger partial charge in [-0.1, -0.05) is 42.5 Å². The van der Waals surface area contributed by atoms with Gasteiger partial charge in [-0.25, -0.2) is 4.79 Å². The summed E-state index contributed by atoms with van der Waals surface area (Å²) in [5, 5.41) is 22.2. The molecule has 1 saturated heterocycles. The fourth-order valence-corrected chi connectivity index (χ4v) is 3.98. The van der Waals surface area contributed by atoms with Crippen LogP contribution in [0.4, 0.5) is 18.0 Å². The van der Waals surface area contributed by atoms with Crippen molar-refractivity contribution in [3.63, 3.8) is 0 Å². The zero-order chi connectivity index (χ0) is 22.8. The molecule has 8 nitrogen and oxygen atoms in total. The van der Waals surface area contributed by atoms with Crippen LogP contribution in [0.5, 0.6) is 5.75 Å². The quantitative estimate of drug-likeness (QED) is 0.642. The largest absolute Gasteiger partial charge is 0.573 e. The van der Waals surface area contributed by atoms with E-state index in [1.165, 1.54) is 27.9 Å². The van der Waals surface area contributed by atoms with E-state index in [1.807, 2.05) is 30.3 Å². The second kappa shape index (κ2) is 8.48. The van der Waals surface area contributed by atoms with Crippen LogP contribution in [0.3, 0.4) is 0 Å². The summed E-state index contributed by atoms with van der Waals surface area (Å²) in [4.78, 5) is 14.0. The van der Waals surface area contributed by atoms with Gasteiger partial charge >= 0.3 is 12.5 Å². The van der Waals surface area contributed by atoms with E-state index in [0.29, 0.717) is 37.3 Å². The summed E-state index contributed by atoms with van der Waals surface area (Å²) in [6.07, 6.45) is -4.76. The van der Waals surface area contributed by atoms with Crippen LogP contribution >= 0.6 is 0 Å². The smallest absolute Gasteiger partial charge is 0.465 e. The highest BCUT2D eigenvalue weighted by molar-refractivity contribution is 5.65. The SMILES string of the molecule is O=C(O)N1CCC(c2ccccc2)(c2nnn(Cc3cccc(OC(F)(F)F)c3)n2)CC1. The second-order valence-corrected chi connectivity index (χ2v) is 7.56. The van der Waals surface area contributed by atoms with Gasteiger partial charge in [0.1, 0.15) is 5.75 Å². The van der Waals surface area contributed by atoms with Gasteiger partial charge < -0.3 is 14.7 Å². The van der Waals surface area contributed by atoms with Gasteiger partial charge in [0.2, 0.25) is 0 Å². The second-order valence-electron chi connectivity index (χ2n) is 7.56. The molecule has 0 spiro atoms. The summed E-state index contributed by atoms with van der Waals surface area (Å²) >= 11 is 0. The lowest BCUT2D eigenvalue weighted by molar-refractivity contribution is -0.274. The first-order valence-corrected chi connectivity index (χ1v) is 9.92. The van der Waals surface area contributed by atoms with Crippen LogP contribution in [0.15, 0.2) is 54.6 Å². The van der Waals surface area contributed by atoms with Gasteiger partial charge in [0.15, 0.2) is 5.82 Å². The molecule has 0 saturated carbocycles. The average molecular weight is 447 g/mol. The molecule has 1 fully saturated rings. The van der Waals surface area contributed by atoms with Crippen molar-refractivity contribution in [2.24, 2.45) is 0 Å². The third kappa shape index (κ3) is 4.66. The lowest BCUT2D eigenvalue weighted by Gasteiger charge is -2.39. The van der Waals surface area contributed by atoms with Crippen molar-refractivity contribution >= 4 is 6.09 Å². The van der Waals surface area contributed by atoms with Crippen LogP contribution in [0.2, 0.25) is 0 Å². The number of halogens is 3. The maximum absolute atomic E-state index is 12.5. The van der Waals surface area contributed by atoms with Crippen molar-refractivity contribution in [3.05, 3.63) is 71.5 Å². The Hall–Kier alpha value is -3.63. The number of aromatic nitrogens is 4. The van der Waals surface area contributed by atoms with E-state index >= 15 is 0 Å². The van der Waals surface area contributed by atoms with Crippen molar-refractivity contribution in [2.75, 3.05) is 13.1 Å². The van der Waals surface area contributed by atoms with Crippen molar-refractivity contribution in [2.45, 2.75) is 31.2 Å². The molecule has 1 aromatic heterocycles. The zero-order valence-electron chi connectivity index (χ0n) is 16.9. The molecule has 0 aliphatic carbocycles. The third-order valence-corrected chi connectivity index (χ3v) is 5.55. The van der Waals surface area contributed by atoms with Crippen LogP contribution < -0.4 is 4.74 Å². The van der Waals surface area contributed by atoms with Crippen LogP contribution in [-0.2, 0) is 12.0 Å². The van der Waals surface area contributed by atoms with Crippen molar-refractivity contribution in [1.29, 1.82) is 0 Å². The number of hydrogen-bond donors (Lipinski definition) is 1. The van der Waals surface area contributed by atoms with Gasteiger partial charge in [-0.3, -0.25) is 0 Å². The highest BCUT2D eigenvalue weighted by Crippen LogP contribution is 2.39. The van der Waals surface area contributed by atoms with Crippen molar-refractivity contribution < 1.29 is 27.8 Å². The molecule has 2 aromatic carbocycles. The topological polar surface area (TPSA) is 93.4 Å². The van der Waals surface area contributed by atoms with Gasteiger partial charge in [0, 0.05) is 13.1 Å². The molecule has 168 valence electrons. The van der Waals surface area contributed by atoms with Crippen LogP contribution in [0, 0.1) is 0 Å². The Morgan fingerprint density at radius 2 is 1.81 bits per heavy atom. The molecular formula is C21H20F3N5O3. The zero-order valence-corrected chi connectivity index (χ0v) is 16.9. The number of tetrazole rings is 1. The van der Waals surface area contributed by atoms with Gasteiger partial charge in [-0.15, -0.1) is 23.4 Å². The normalized spacial score (nSPS) is 16.0. The minimum absolute atomic E-state index is 0.105. The molecule has 0 unspecified atom stereocenters. The Labute approximate surface area is 181 Å². The fourth-order valence-electron chi connectivity index (χ4n) is 3.98. The number of alkyl halides is 3. The Morgan fingerprint density at radius 3 is 2.47 bits per heavy atom. The fraction of sp³-hybridized carbons (Fsp3) is 0.333. The maximum Gasteiger partial charge on any atom is 0.573 e. The highest BCUT2D eigenvalue weighted by Gasteiger charge is 2.42. The predicted octanol–water partition coefficient (Wildman–Crippen LogP) is 3.68. The average Bonchev–Trinajstić information content (AvgIpc) is 3.22. The van der Waals surface area contributed by atoms with Crippen LogP contribution in [0.25, 0.3) is 0 Å². The van der Waals surface area contributed by atoms with E-state index < -0.39 is 17.9 Å². The third-order valence-electron chi connectivity index (χ3n) is 5.55. The number of hydrogen-bond acceptors (Lipinski definition) is 5. The Morgan fingerprint density at radius 1 is 1.09 bits per heavy atom. The molecule has 0 atom stereocenters. The van der Waals surface area contributed by atoms with Crippen LogP contribution in [0.1, 0.15) is 29.8 Å². The summed E-state index contributed by atoms with van der Waals surface area (Å²) in [5.74, 6) is 0.133. The molecule has 1 amide bonds. The predicted molar refractivity (Wildman–Crippen MR) is 106 cm³/mol. The summed E-state index contributed by atoms with van der Waals surface area (Å²) < 4.78 is 41.4. The number of amides is 1. The summed E-state index contributed by atoms with van der Waals surface area (Å²) in [5.41, 5.74) is 0.877. The maximum atomic E-state index is 12.5. The molecule has 4 rings (SSSR count). The van der Waals surface area contributed by atoms with E-state index in [9.17, 15) is 23.1 Å². The van der Waals surface area contributed by atoms with E-state index in [0.717, 1.165) is 5.56 Å². The van der Waals surface area contributed by atoms with Crippen molar-refractivity contribution in [3.8, 4) is 5.75 Å². The molecule has 11 heteroatoms. The van der Waals surface area contributed by atoms with E-state index in [1.54, 1.807) is 6.07 Å². The van der Waals surface area contributed by atoms with Gasteiger partial charge in [-0.2, -0.15) is 4.80 Å². The molecule has 1 aliphatic rings. The first-order chi connectivity index (χ1) is 15.2. The number of benzene rings is 2. The van der Waals surface area contributed by atoms with E-state index in [-0.39, 0.29) is 12.3 Å². The molecule has 1 aliphatic heterocycles. The number of nitrogens with zero attached hydrogens (tertiary/aromatic N) is 5.